The summed E-state index contributed by atoms with van der Waals surface area (Å²) in [6, 6.07) is 3.94. The molecule has 0 atom stereocenters. The number of benzene rings is 1. The normalized spacial score (nSPS) is 10.5. The van der Waals surface area contributed by atoms with Gasteiger partial charge in [-0.15, -0.1) is 5.10 Å². The molecule has 0 saturated heterocycles. The Morgan fingerprint density at radius 3 is 2.36 bits per heavy atom. The highest BCUT2D eigenvalue weighted by Gasteiger charge is 2.08. The first kappa shape index (κ1) is 10.3. The third kappa shape index (κ3) is 1.92. The molecular weight excluding hydrogens is 378 g/mol. The van der Waals surface area contributed by atoms with E-state index >= 15 is 0 Å². The van der Waals surface area contributed by atoms with Crippen molar-refractivity contribution in [2.45, 2.75) is 0 Å². The molecule has 0 radical (unpaired) electrons. The predicted octanol–water partition coefficient (Wildman–Crippen LogP) is 3.76. The highest BCUT2D eigenvalue weighted by molar-refractivity contribution is 9.13. The van der Waals surface area contributed by atoms with E-state index in [1.54, 1.807) is 6.20 Å². The zero-order valence-electron chi connectivity index (χ0n) is 6.76. The van der Waals surface area contributed by atoms with Crippen LogP contribution in [0.4, 0.5) is 0 Å². The fourth-order valence-electron chi connectivity index (χ4n) is 1.05. The largest absolute Gasteiger partial charge is 0.265 e. The molecule has 1 aromatic carbocycles. The van der Waals surface area contributed by atoms with Crippen LogP contribution >= 0.6 is 47.8 Å². The number of aromatic nitrogens is 3. The lowest BCUT2D eigenvalue weighted by molar-refractivity contribution is 0.942. The van der Waals surface area contributed by atoms with Crippen molar-refractivity contribution in [2.75, 3.05) is 0 Å². The second-order valence-electron chi connectivity index (χ2n) is 2.60. The van der Waals surface area contributed by atoms with Gasteiger partial charge in [-0.1, -0.05) is 21.1 Å². The number of hydrogen-bond acceptors (Lipinski definition) is 2. The predicted molar refractivity (Wildman–Crippen MR) is 64.9 cm³/mol. The summed E-state index contributed by atoms with van der Waals surface area (Å²) >= 11 is 10.3. The molecule has 0 aliphatic heterocycles. The molecule has 0 fully saturated rings. The van der Waals surface area contributed by atoms with Crippen LogP contribution in [0.25, 0.3) is 11.3 Å². The first-order chi connectivity index (χ1) is 6.68. The van der Waals surface area contributed by atoms with Crippen LogP contribution < -0.4 is 0 Å². The van der Waals surface area contributed by atoms with Gasteiger partial charge in [0.15, 0.2) is 0 Å². The molecule has 0 aliphatic carbocycles. The van der Waals surface area contributed by atoms with Gasteiger partial charge in [-0.05, 0) is 44.0 Å². The number of halogens is 3. The van der Waals surface area contributed by atoms with Crippen molar-refractivity contribution in [3.05, 3.63) is 31.7 Å². The van der Waals surface area contributed by atoms with Crippen LogP contribution in [-0.2, 0) is 0 Å². The van der Waals surface area contributed by atoms with Gasteiger partial charge in [-0.25, -0.2) is 0 Å². The van der Waals surface area contributed by atoms with Crippen LogP contribution in [0.5, 0.6) is 0 Å². The van der Waals surface area contributed by atoms with Crippen LogP contribution in [0.1, 0.15) is 0 Å². The fourth-order valence-corrected chi connectivity index (χ4v) is 2.59. The maximum atomic E-state index is 3.95. The summed E-state index contributed by atoms with van der Waals surface area (Å²) in [7, 11) is 0. The zero-order chi connectivity index (χ0) is 10.1. The summed E-state index contributed by atoms with van der Waals surface area (Å²) in [6.45, 7) is 0. The zero-order valence-corrected chi connectivity index (χ0v) is 11.5. The standard InChI is InChI=1S/C8H4Br3N3/c9-5-2-7(11)6(10)1-4(5)8-3-12-14-13-8/h1-3H,(H,12,13,14). The van der Waals surface area contributed by atoms with Crippen molar-refractivity contribution >= 4 is 47.8 Å². The molecule has 0 unspecified atom stereocenters. The van der Waals surface area contributed by atoms with E-state index < -0.39 is 0 Å². The second-order valence-corrected chi connectivity index (χ2v) is 5.17. The van der Waals surface area contributed by atoms with Crippen molar-refractivity contribution in [3.8, 4) is 11.3 Å². The average molecular weight is 382 g/mol. The smallest absolute Gasteiger partial charge is 0.113 e. The topological polar surface area (TPSA) is 41.6 Å². The van der Waals surface area contributed by atoms with E-state index in [4.69, 9.17) is 0 Å². The van der Waals surface area contributed by atoms with E-state index in [-0.39, 0.29) is 0 Å². The minimum Gasteiger partial charge on any atom is -0.265 e. The van der Waals surface area contributed by atoms with Gasteiger partial charge in [0, 0.05) is 19.0 Å². The quantitative estimate of drug-likeness (QED) is 0.764. The molecule has 2 aromatic rings. The minimum atomic E-state index is 0.810. The summed E-state index contributed by atoms with van der Waals surface area (Å²) in [6.07, 6.45) is 1.75. The molecule has 1 N–H and O–H groups in total. The van der Waals surface area contributed by atoms with Crippen molar-refractivity contribution in [3.63, 3.8) is 0 Å². The van der Waals surface area contributed by atoms with Crippen molar-refractivity contribution in [2.24, 2.45) is 0 Å². The molecule has 0 amide bonds. The summed E-state index contributed by atoms with van der Waals surface area (Å²) in [5, 5.41) is 10.3. The summed E-state index contributed by atoms with van der Waals surface area (Å²) in [5.74, 6) is 0. The Labute approximate surface area is 106 Å². The Morgan fingerprint density at radius 2 is 1.71 bits per heavy atom. The first-order valence-corrected chi connectivity index (χ1v) is 6.08. The van der Waals surface area contributed by atoms with Crippen LogP contribution in [-0.4, -0.2) is 15.4 Å². The maximum Gasteiger partial charge on any atom is 0.113 e. The number of aromatic amines is 1. The molecule has 0 bridgehead atoms. The summed E-state index contributed by atoms with van der Waals surface area (Å²) in [4.78, 5) is 0. The number of rotatable bonds is 1. The molecule has 72 valence electrons. The van der Waals surface area contributed by atoms with Gasteiger partial charge < -0.3 is 0 Å². The molecule has 3 nitrogen and oxygen atoms in total. The lowest BCUT2D eigenvalue weighted by Crippen LogP contribution is -1.82. The second kappa shape index (κ2) is 4.12. The van der Waals surface area contributed by atoms with Crippen LogP contribution in [0.2, 0.25) is 0 Å². The third-order valence-electron chi connectivity index (χ3n) is 1.70. The summed E-state index contributed by atoms with van der Waals surface area (Å²) in [5.41, 5.74) is 1.80. The SMILES string of the molecule is Brc1cc(Br)c(-c2c[nH]nn2)cc1Br. The highest BCUT2D eigenvalue weighted by atomic mass is 79.9. The number of nitrogens with one attached hydrogen (secondary N) is 1. The molecular formula is C8H4Br3N3. The number of H-pyrrole nitrogens is 1. The lowest BCUT2D eigenvalue weighted by Gasteiger charge is -2.03. The molecule has 14 heavy (non-hydrogen) atoms. The molecule has 6 heteroatoms. The fraction of sp³-hybridized carbons (Fsp3) is 0. The molecule has 1 heterocycles. The average Bonchev–Trinajstić information content (AvgIpc) is 2.64. The van der Waals surface area contributed by atoms with Gasteiger partial charge in [-0.2, -0.15) is 0 Å². The van der Waals surface area contributed by atoms with Gasteiger partial charge in [0.05, 0.1) is 6.20 Å². The van der Waals surface area contributed by atoms with E-state index in [0.717, 1.165) is 24.7 Å². The molecule has 0 aliphatic rings. The maximum absolute atomic E-state index is 3.95. The van der Waals surface area contributed by atoms with Gasteiger partial charge in [0.1, 0.15) is 5.69 Å². The van der Waals surface area contributed by atoms with E-state index in [1.807, 2.05) is 12.1 Å². The van der Waals surface area contributed by atoms with Gasteiger partial charge in [0.2, 0.25) is 0 Å². The summed E-state index contributed by atoms with van der Waals surface area (Å²) < 4.78 is 2.96. The highest BCUT2D eigenvalue weighted by Crippen LogP contribution is 2.34. The van der Waals surface area contributed by atoms with E-state index in [9.17, 15) is 0 Å². The van der Waals surface area contributed by atoms with Crippen LogP contribution in [0.15, 0.2) is 31.7 Å². The Hall–Kier alpha value is -0.200. The first-order valence-electron chi connectivity index (χ1n) is 3.70. The van der Waals surface area contributed by atoms with Crippen molar-refractivity contribution < 1.29 is 0 Å². The van der Waals surface area contributed by atoms with Gasteiger partial charge in [-0.3, -0.25) is 5.10 Å². The Morgan fingerprint density at radius 1 is 1.00 bits per heavy atom. The van der Waals surface area contributed by atoms with Gasteiger partial charge >= 0.3 is 0 Å². The third-order valence-corrected chi connectivity index (χ3v) is 4.20. The molecule has 0 saturated carbocycles. The number of nitrogens with zero attached hydrogens (tertiary/aromatic N) is 2. The molecule has 0 spiro atoms. The van der Waals surface area contributed by atoms with E-state index in [0.29, 0.717) is 0 Å². The molecule has 2 rings (SSSR count). The van der Waals surface area contributed by atoms with E-state index in [1.165, 1.54) is 0 Å². The van der Waals surface area contributed by atoms with Crippen molar-refractivity contribution in [1.82, 2.24) is 15.4 Å². The Balaban J connectivity index is 2.60. The monoisotopic (exact) mass is 379 g/mol. The van der Waals surface area contributed by atoms with Crippen LogP contribution in [0.3, 0.4) is 0 Å². The molecule has 1 aromatic heterocycles. The van der Waals surface area contributed by atoms with E-state index in [2.05, 4.69) is 63.2 Å². The minimum absolute atomic E-state index is 0.810. The number of hydrogen-bond donors (Lipinski definition) is 1. The van der Waals surface area contributed by atoms with Gasteiger partial charge in [0.25, 0.3) is 0 Å². The Kier molecular flexibility index (Phi) is 3.04. The Bertz CT molecular complexity index is 453. The van der Waals surface area contributed by atoms with Crippen LogP contribution in [0, 0.1) is 0 Å². The van der Waals surface area contributed by atoms with Crippen molar-refractivity contribution in [1.29, 1.82) is 0 Å². The lowest BCUT2D eigenvalue weighted by atomic mass is 10.2.